The van der Waals surface area contributed by atoms with Crippen LogP contribution in [0.2, 0.25) is 5.02 Å². The lowest BCUT2D eigenvalue weighted by molar-refractivity contribution is 0.102. The van der Waals surface area contributed by atoms with Crippen molar-refractivity contribution in [3.63, 3.8) is 0 Å². The number of hydrogen-bond acceptors (Lipinski definition) is 3. The monoisotopic (exact) mass is 367 g/mol. The molecule has 4 nitrogen and oxygen atoms in total. The Morgan fingerprint density at radius 1 is 1.33 bits per heavy atom. The molecule has 0 radical (unpaired) electrons. The minimum absolute atomic E-state index is 0.206. The molecule has 2 aromatic rings. The van der Waals surface area contributed by atoms with Gasteiger partial charge in [-0.2, -0.15) is 0 Å². The van der Waals surface area contributed by atoms with Crippen molar-refractivity contribution in [3.05, 3.63) is 51.1 Å². The van der Waals surface area contributed by atoms with E-state index in [1.165, 1.54) is 0 Å². The fourth-order valence-corrected chi connectivity index (χ4v) is 2.50. The third kappa shape index (κ3) is 3.95. The third-order valence-corrected chi connectivity index (χ3v) is 3.65. The van der Waals surface area contributed by atoms with Crippen LogP contribution in [-0.2, 0) is 0 Å². The van der Waals surface area contributed by atoms with Gasteiger partial charge in [0.25, 0.3) is 5.91 Å². The van der Waals surface area contributed by atoms with Crippen LogP contribution in [0.5, 0.6) is 0 Å². The maximum atomic E-state index is 12.3. The van der Waals surface area contributed by atoms with Gasteiger partial charge in [-0.25, -0.2) is 4.98 Å². The van der Waals surface area contributed by atoms with Gasteiger partial charge in [0.2, 0.25) is 0 Å². The van der Waals surface area contributed by atoms with Gasteiger partial charge in [0.05, 0.1) is 5.02 Å². The van der Waals surface area contributed by atoms with E-state index in [9.17, 15) is 4.79 Å². The normalized spacial score (nSPS) is 10.3. The van der Waals surface area contributed by atoms with Crippen LogP contribution in [0.3, 0.4) is 0 Å². The molecule has 0 bridgehead atoms. The molecule has 0 aliphatic heterocycles. The molecule has 1 aromatic heterocycles. The summed E-state index contributed by atoms with van der Waals surface area (Å²) in [4.78, 5) is 16.6. The van der Waals surface area contributed by atoms with Crippen LogP contribution < -0.4 is 10.6 Å². The second kappa shape index (κ2) is 6.91. The fraction of sp³-hybridized carbons (Fsp3) is 0.200. The van der Waals surface area contributed by atoms with Gasteiger partial charge >= 0.3 is 0 Å². The summed E-state index contributed by atoms with van der Waals surface area (Å²) in [7, 11) is 0. The second-order valence-corrected chi connectivity index (χ2v) is 5.79. The summed E-state index contributed by atoms with van der Waals surface area (Å²) in [6.07, 6.45) is 0. The van der Waals surface area contributed by atoms with E-state index < -0.39 is 0 Å². The molecule has 1 heterocycles. The van der Waals surface area contributed by atoms with Crippen molar-refractivity contribution in [2.24, 2.45) is 0 Å². The minimum atomic E-state index is -0.329. The third-order valence-electron chi connectivity index (χ3n) is 2.86. The molecule has 0 aliphatic carbocycles. The first kappa shape index (κ1) is 15.8. The lowest BCUT2D eigenvalue weighted by Gasteiger charge is -2.10. The predicted molar refractivity (Wildman–Crippen MR) is 90.2 cm³/mol. The van der Waals surface area contributed by atoms with Crippen LogP contribution in [0, 0.1) is 6.92 Å². The number of carbonyl (C=O) groups is 1. The minimum Gasteiger partial charge on any atom is -0.370 e. The summed E-state index contributed by atoms with van der Waals surface area (Å²) >= 11 is 9.46. The Morgan fingerprint density at radius 2 is 2.10 bits per heavy atom. The van der Waals surface area contributed by atoms with E-state index in [-0.39, 0.29) is 11.6 Å². The van der Waals surface area contributed by atoms with E-state index in [1.54, 1.807) is 12.1 Å². The molecule has 110 valence electrons. The zero-order valence-corrected chi connectivity index (χ0v) is 14.0. The van der Waals surface area contributed by atoms with Gasteiger partial charge in [-0.1, -0.05) is 27.5 Å². The molecule has 2 rings (SSSR count). The zero-order valence-electron chi connectivity index (χ0n) is 11.7. The first-order valence-electron chi connectivity index (χ1n) is 6.49. The van der Waals surface area contributed by atoms with Crippen molar-refractivity contribution in [2.45, 2.75) is 13.8 Å². The van der Waals surface area contributed by atoms with E-state index in [1.807, 2.05) is 32.0 Å². The SMILES string of the molecule is CCNc1ccc(Cl)c(C(=O)Nc2ccc(Br)cc2C)n1. The van der Waals surface area contributed by atoms with Crippen LogP contribution >= 0.6 is 27.5 Å². The number of benzene rings is 1. The van der Waals surface area contributed by atoms with Gasteiger partial charge in [0.15, 0.2) is 0 Å². The van der Waals surface area contributed by atoms with Crippen molar-refractivity contribution in [1.82, 2.24) is 4.98 Å². The maximum Gasteiger partial charge on any atom is 0.275 e. The second-order valence-electron chi connectivity index (χ2n) is 4.47. The lowest BCUT2D eigenvalue weighted by Crippen LogP contribution is -2.16. The van der Waals surface area contributed by atoms with Crippen LogP contribution in [0.25, 0.3) is 0 Å². The Kier molecular flexibility index (Phi) is 5.20. The molecule has 21 heavy (non-hydrogen) atoms. The number of hydrogen-bond donors (Lipinski definition) is 2. The van der Waals surface area contributed by atoms with E-state index in [0.29, 0.717) is 10.8 Å². The Labute approximate surface area is 137 Å². The zero-order chi connectivity index (χ0) is 15.4. The molecule has 6 heteroatoms. The molecule has 0 spiro atoms. The summed E-state index contributed by atoms with van der Waals surface area (Å²) in [6, 6.07) is 9.04. The molecule has 1 amide bonds. The number of nitrogens with one attached hydrogen (secondary N) is 2. The largest absolute Gasteiger partial charge is 0.370 e. The van der Waals surface area contributed by atoms with E-state index in [4.69, 9.17) is 11.6 Å². The summed E-state index contributed by atoms with van der Waals surface area (Å²) in [5.41, 5.74) is 1.89. The average molecular weight is 369 g/mol. The van der Waals surface area contributed by atoms with Gasteiger partial charge in [-0.3, -0.25) is 4.79 Å². The van der Waals surface area contributed by atoms with Crippen LogP contribution in [-0.4, -0.2) is 17.4 Å². The van der Waals surface area contributed by atoms with E-state index >= 15 is 0 Å². The molecule has 0 saturated carbocycles. The standard InChI is InChI=1S/C15H15BrClN3O/c1-3-18-13-7-5-11(17)14(20-13)15(21)19-12-6-4-10(16)8-9(12)2/h4-8H,3H2,1-2H3,(H,18,20)(H,19,21). The number of amides is 1. The summed E-state index contributed by atoms with van der Waals surface area (Å²) in [5.74, 6) is 0.296. The number of aryl methyl sites for hydroxylation is 1. The quantitative estimate of drug-likeness (QED) is 0.836. The highest BCUT2D eigenvalue weighted by Gasteiger charge is 2.14. The van der Waals surface area contributed by atoms with Crippen molar-refractivity contribution in [2.75, 3.05) is 17.2 Å². The highest BCUT2D eigenvalue weighted by Crippen LogP contribution is 2.22. The first-order valence-corrected chi connectivity index (χ1v) is 7.66. The molecular formula is C15H15BrClN3O. The highest BCUT2D eigenvalue weighted by molar-refractivity contribution is 9.10. The highest BCUT2D eigenvalue weighted by atomic mass is 79.9. The molecule has 1 aromatic carbocycles. The number of nitrogens with zero attached hydrogens (tertiary/aromatic N) is 1. The van der Waals surface area contributed by atoms with Crippen LogP contribution in [0.15, 0.2) is 34.8 Å². The van der Waals surface area contributed by atoms with Crippen molar-refractivity contribution in [1.29, 1.82) is 0 Å². The Bertz CT molecular complexity index is 676. The van der Waals surface area contributed by atoms with Crippen molar-refractivity contribution in [3.8, 4) is 0 Å². The molecule has 0 fully saturated rings. The number of anilines is 2. The molecule has 0 atom stereocenters. The van der Waals surface area contributed by atoms with Crippen LogP contribution in [0.4, 0.5) is 11.5 Å². The predicted octanol–water partition coefficient (Wildman–Crippen LogP) is 4.49. The maximum absolute atomic E-state index is 12.3. The fourth-order valence-electron chi connectivity index (χ4n) is 1.83. The molecule has 0 aliphatic rings. The lowest BCUT2D eigenvalue weighted by atomic mass is 10.2. The number of halogens is 2. The molecular weight excluding hydrogens is 354 g/mol. The Morgan fingerprint density at radius 3 is 2.76 bits per heavy atom. The number of rotatable bonds is 4. The van der Waals surface area contributed by atoms with Gasteiger partial charge in [-0.15, -0.1) is 0 Å². The number of pyridine rings is 1. The summed E-state index contributed by atoms with van der Waals surface area (Å²) in [6.45, 7) is 4.60. The first-order chi connectivity index (χ1) is 10.0. The Hall–Kier alpha value is -1.59. The molecule has 0 unspecified atom stereocenters. The smallest absolute Gasteiger partial charge is 0.275 e. The number of carbonyl (C=O) groups excluding carboxylic acids is 1. The van der Waals surface area contributed by atoms with E-state index in [0.717, 1.165) is 22.3 Å². The summed E-state index contributed by atoms with van der Waals surface area (Å²) < 4.78 is 0.961. The van der Waals surface area contributed by atoms with Crippen molar-refractivity contribution < 1.29 is 4.79 Å². The summed E-state index contributed by atoms with van der Waals surface area (Å²) in [5, 5.41) is 6.21. The Balaban J connectivity index is 2.25. The van der Waals surface area contributed by atoms with Crippen LogP contribution in [0.1, 0.15) is 23.0 Å². The van der Waals surface area contributed by atoms with Gasteiger partial charge in [-0.05, 0) is 49.7 Å². The average Bonchev–Trinajstić information content (AvgIpc) is 2.44. The molecule has 0 saturated heterocycles. The number of aromatic nitrogens is 1. The van der Waals surface area contributed by atoms with Gasteiger partial charge < -0.3 is 10.6 Å². The topological polar surface area (TPSA) is 54.0 Å². The van der Waals surface area contributed by atoms with E-state index in [2.05, 4.69) is 31.5 Å². The van der Waals surface area contributed by atoms with Crippen molar-refractivity contribution >= 4 is 44.9 Å². The van der Waals surface area contributed by atoms with Gasteiger partial charge in [0, 0.05) is 16.7 Å². The van der Waals surface area contributed by atoms with Gasteiger partial charge in [0.1, 0.15) is 11.5 Å². The molecule has 2 N–H and O–H groups in total.